The van der Waals surface area contributed by atoms with Crippen LogP contribution in [0, 0.1) is 13.8 Å². The first-order valence-corrected chi connectivity index (χ1v) is 12.6. The Hall–Kier alpha value is -3.77. The van der Waals surface area contributed by atoms with Gasteiger partial charge in [-0.1, -0.05) is 55.0 Å². The zero-order valence-corrected chi connectivity index (χ0v) is 21.3. The van der Waals surface area contributed by atoms with Crippen molar-refractivity contribution in [1.82, 2.24) is 14.3 Å². The van der Waals surface area contributed by atoms with E-state index in [0.29, 0.717) is 54.8 Å². The average Bonchev–Trinajstić information content (AvgIpc) is 2.89. The summed E-state index contributed by atoms with van der Waals surface area (Å²) in [6.07, 6.45) is 3.51. The molecule has 0 aliphatic rings. The summed E-state index contributed by atoms with van der Waals surface area (Å²) in [5, 5.41) is 0. The summed E-state index contributed by atoms with van der Waals surface area (Å²) in [6.45, 7) is 6.98. The van der Waals surface area contributed by atoms with Gasteiger partial charge in [-0.3, -0.25) is 14.0 Å². The summed E-state index contributed by atoms with van der Waals surface area (Å²) in [4.78, 5) is 34.4. The third kappa shape index (κ3) is 5.39. The molecule has 6 heteroatoms. The van der Waals surface area contributed by atoms with Crippen LogP contribution in [-0.4, -0.2) is 33.3 Å². The summed E-state index contributed by atoms with van der Waals surface area (Å²) in [7, 11) is 0. The number of nitrogens with zero attached hydrogens (tertiary/aromatic N) is 3. The predicted octanol–water partition coefficient (Wildman–Crippen LogP) is 4.84. The molecular weight excluding hydrogens is 448 g/mol. The number of aromatic nitrogens is 2. The van der Waals surface area contributed by atoms with Gasteiger partial charge in [0.1, 0.15) is 5.65 Å². The molecule has 1 unspecified atom stereocenters. The third-order valence-corrected chi connectivity index (χ3v) is 6.58. The first-order chi connectivity index (χ1) is 17.4. The summed E-state index contributed by atoms with van der Waals surface area (Å²) in [5.74, 6) is -0.0767. The highest BCUT2D eigenvalue weighted by molar-refractivity contribution is 5.94. The number of pyridine rings is 1. The molecule has 0 aliphatic heterocycles. The van der Waals surface area contributed by atoms with Gasteiger partial charge >= 0.3 is 0 Å². The Balaban J connectivity index is 1.89. The Bertz CT molecular complexity index is 1390. The van der Waals surface area contributed by atoms with E-state index in [1.165, 1.54) is 0 Å². The van der Waals surface area contributed by atoms with Crippen molar-refractivity contribution in [1.29, 1.82) is 0 Å². The maximum atomic E-state index is 13.8. The molecule has 0 radical (unpaired) electrons. The lowest BCUT2D eigenvalue weighted by Gasteiger charge is -2.32. The summed E-state index contributed by atoms with van der Waals surface area (Å²) < 4.78 is 1.60. The molecule has 0 saturated carbocycles. The smallest absolute Gasteiger partial charge is 0.261 e. The van der Waals surface area contributed by atoms with Crippen molar-refractivity contribution >= 4 is 11.6 Å². The highest BCUT2D eigenvalue weighted by Crippen LogP contribution is 2.28. The summed E-state index contributed by atoms with van der Waals surface area (Å²) in [6, 6.07) is 21.0. The van der Waals surface area contributed by atoms with E-state index < -0.39 is 0 Å². The molecule has 2 aromatic heterocycles. The van der Waals surface area contributed by atoms with Gasteiger partial charge in [-0.15, -0.1) is 0 Å². The number of nitrogens with two attached hydrogens (primary N) is 1. The number of rotatable bonds is 9. The zero-order valence-electron chi connectivity index (χ0n) is 21.3. The minimum atomic E-state index is -0.359. The van der Waals surface area contributed by atoms with Crippen molar-refractivity contribution < 1.29 is 4.79 Å². The van der Waals surface area contributed by atoms with Gasteiger partial charge < -0.3 is 10.6 Å². The van der Waals surface area contributed by atoms with Crippen molar-refractivity contribution in [3.63, 3.8) is 0 Å². The van der Waals surface area contributed by atoms with E-state index in [-0.39, 0.29) is 17.5 Å². The normalized spacial score (nSPS) is 12.0. The topological polar surface area (TPSA) is 80.7 Å². The molecular formula is C30H34N4O2. The van der Waals surface area contributed by atoms with E-state index in [9.17, 15) is 9.59 Å². The Kier molecular flexibility index (Phi) is 7.96. The van der Waals surface area contributed by atoms with Crippen LogP contribution >= 0.6 is 0 Å². The Morgan fingerprint density at radius 1 is 1.03 bits per heavy atom. The minimum absolute atomic E-state index is 0.0767. The molecule has 0 bridgehead atoms. The highest BCUT2D eigenvalue weighted by atomic mass is 16.2. The van der Waals surface area contributed by atoms with Crippen LogP contribution in [-0.2, 0) is 6.42 Å². The molecule has 0 fully saturated rings. The number of hydrogen-bond acceptors (Lipinski definition) is 4. The van der Waals surface area contributed by atoms with Crippen molar-refractivity contribution in [3.8, 4) is 0 Å². The molecule has 1 amide bonds. The van der Waals surface area contributed by atoms with Gasteiger partial charge in [0.15, 0.2) is 0 Å². The number of hydrogen-bond donors (Lipinski definition) is 1. The van der Waals surface area contributed by atoms with Gasteiger partial charge in [0, 0.05) is 30.3 Å². The second-order valence-electron chi connectivity index (χ2n) is 9.31. The van der Waals surface area contributed by atoms with Crippen molar-refractivity contribution in [3.05, 3.63) is 117 Å². The van der Waals surface area contributed by atoms with Crippen LogP contribution < -0.4 is 11.3 Å². The number of benzene rings is 2. The maximum absolute atomic E-state index is 13.8. The number of carbonyl (C=O) groups excluding carboxylic acids is 1. The van der Waals surface area contributed by atoms with E-state index in [2.05, 4.69) is 0 Å². The average molecular weight is 483 g/mol. The van der Waals surface area contributed by atoms with Crippen LogP contribution in [0.1, 0.15) is 64.1 Å². The molecule has 0 spiro atoms. The lowest BCUT2D eigenvalue weighted by Crippen LogP contribution is -2.38. The largest absolute Gasteiger partial charge is 0.330 e. The number of fused-ring (bicyclic) bond motifs is 1. The van der Waals surface area contributed by atoms with Crippen LogP contribution in [0.15, 0.2) is 77.7 Å². The van der Waals surface area contributed by atoms with E-state index in [0.717, 1.165) is 16.7 Å². The van der Waals surface area contributed by atoms with Crippen LogP contribution in [0.3, 0.4) is 0 Å². The SMILES string of the molecule is CCC(c1nc2cc(C)ccn2c(=O)c1Cc1ccccc1)N(CCCN)C(=O)c1ccc(C)cc1. The second kappa shape index (κ2) is 11.3. The zero-order chi connectivity index (χ0) is 25.7. The van der Waals surface area contributed by atoms with Gasteiger partial charge in [-0.05, 0) is 68.6 Å². The van der Waals surface area contributed by atoms with E-state index in [1.54, 1.807) is 10.6 Å². The maximum Gasteiger partial charge on any atom is 0.261 e. The Morgan fingerprint density at radius 3 is 2.42 bits per heavy atom. The van der Waals surface area contributed by atoms with E-state index in [1.807, 2.05) is 92.4 Å². The fourth-order valence-electron chi connectivity index (χ4n) is 4.62. The quantitative estimate of drug-likeness (QED) is 0.370. The molecule has 6 nitrogen and oxygen atoms in total. The molecule has 4 aromatic rings. The number of carbonyl (C=O) groups is 1. The molecule has 2 N–H and O–H groups in total. The van der Waals surface area contributed by atoms with Crippen LogP contribution in [0.2, 0.25) is 0 Å². The lowest BCUT2D eigenvalue weighted by molar-refractivity contribution is 0.0664. The highest BCUT2D eigenvalue weighted by Gasteiger charge is 2.29. The number of amides is 1. The Morgan fingerprint density at radius 2 is 1.75 bits per heavy atom. The molecule has 2 heterocycles. The first-order valence-electron chi connectivity index (χ1n) is 12.6. The molecule has 186 valence electrons. The first kappa shape index (κ1) is 25.3. The van der Waals surface area contributed by atoms with Gasteiger partial charge in [-0.25, -0.2) is 4.98 Å². The van der Waals surface area contributed by atoms with Gasteiger partial charge in [-0.2, -0.15) is 0 Å². The summed E-state index contributed by atoms with van der Waals surface area (Å²) >= 11 is 0. The second-order valence-corrected chi connectivity index (χ2v) is 9.31. The van der Waals surface area contributed by atoms with Gasteiger partial charge in [0.2, 0.25) is 0 Å². The molecule has 0 saturated heterocycles. The fraction of sp³-hybridized carbons (Fsp3) is 0.300. The van der Waals surface area contributed by atoms with Crippen molar-refractivity contribution in [2.45, 2.75) is 46.1 Å². The van der Waals surface area contributed by atoms with E-state index >= 15 is 0 Å². The third-order valence-electron chi connectivity index (χ3n) is 6.58. The minimum Gasteiger partial charge on any atom is -0.330 e. The van der Waals surface area contributed by atoms with Gasteiger partial charge in [0.05, 0.1) is 11.7 Å². The standard InChI is InChI=1S/C30H34N4O2/c1-4-26(33(17-8-16-31)29(35)24-13-11-21(2)12-14-24)28-25(20-23-9-6-5-7-10-23)30(36)34-18-15-22(3)19-27(34)32-28/h5-7,9-15,18-19,26H,4,8,16-17,20,31H2,1-3H3. The van der Waals surface area contributed by atoms with Crippen LogP contribution in [0.25, 0.3) is 5.65 Å². The van der Waals surface area contributed by atoms with Crippen molar-refractivity contribution in [2.24, 2.45) is 5.73 Å². The van der Waals surface area contributed by atoms with Crippen LogP contribution in [0.4, 0.5) is 0 Å². The molecule has 36 heavy (non-hydrogen) atoms. The Labute approximate surface area is 212 Å². The molecule has 0 aliphatic carbocycles. The van der Waals surface area contributed by atoms with Crippen LogP contribution in [0.5, 0.6) is 0 Å². The fourth-order valence-corrected chi connectivity index (χ4v) is 4.62. The van der Waals surface area contributed by atoms with Gasteiger partial charge in [0.25, 0.3) is 11.5 Å². The molecule has 1 atom stereocenters. The monoisotopic (exact) mass is 482 g/mol. The lowest BCUT2D eigenvalue weighted by atomic mass is 9.97. The molecule has 2 aromatic carbocycles. The van der Waals surface area contributed by atoms with E-state index in [4.69, 9.17) is 10.7 Å². The summed E-state index contributed by atoms with van der Waals surface area (Å²) in [5.41, 5.74) is 11.4. The van der Waals surface area contributed by atoms with Crippen molar-refractivity contribution in [2.75, 3.05) is 13.1 Å². The molecule has 4 rings (SSSR count). The predicted molar refractivity (Wildman–Crippen MR) is 144 cm³/mol. The number of aryl methyl sites for hydroxylation is 2.